The van der Waals surface area contributed by atoms with Gasteiger partial charge >= 0.3 is 17.4 Å². The third kappa shape index (κ3) is 13.7. The molecule has 0 amide bonds. The molecule has 0 atom stereocenters. The summed E-state index contributed by atoms with van der Waals surface area (Å²) in [5.74, 6) is -2.84. The van der Waals surface area contributed by atoms with E-state index in [2.05, 4.69) is 6.58 Å². The zero-order valence-corrected chi connectivity index (χ0v) is 19.3. The molecular formula is C16H28O10Si2. The molecule has 0 aliphatic heterocycles. The molecule has 0 spiro atoms. The molecule has 160 valence electrons. The van der Waals surface area contributed by atoms with E-state index in [0.717, 1.165) is 0 Å². The molecule has 0 N–H and O–H groups in total. The highest BCUT2D eigenvalue weighted by Crippen LogP contribution is 2.18. The van der Waals surface area contributed by atoms with Gasteiger partial charge in [-0.1, -0.05) is 6.92 Å². The predicted octanol–water partition coefficient (Wildman–Crippen LogP) is 1.93. The molecule has 0 aliphatic carbocycles. The first-order valence-electron chi connectivity index (χ1n) is 8.32. The zero-order chi connectivity index (χ0) is 22.5. The summed E-state index contributed by atoms with van der Waals surface area (Å²) < 4.78 is 24.4. The molecule has 28 heavy (non-hydrogen) atoms. The van der Waals surface area contributed by atoms with Gasteiger partial charge in [-0.25, -0.2) is 0 Å². The molecule has 10 nitrogen and oxygen atoms in total. The fraction of sp³-hybridized carbons (Fsp3) is 0.562. The fourth-order valence-electron chi connectivity index (χ4n) is 1.85. The first-order chi connectivity index (χ1) is 12.7. The van der Waals surface area contributed by atoms with E-state index < -0.39 is 47.2 Å². The quantitative estimate of drug-likeness (QED) is 0.520. The van der Waals surface area contributed by atoms with Gasteiger partial charge in [-0.15, -0.1) is 6.58 Å². The second kappa shape index (κ2) is 12.8. The molecule has 0 heterocycles. The Balaban J connectivity index is 0. The number of hydrogen-bond acceptors (Lipinski definition) is 10. The minimum absolute atomic E-state index is 0.228. The summed E-state index contributed by atoms with van der Waals surface area (Å²) in [6, 6.07) is 0.228. The van der Waals surface area contributed by atoms with Crippen molar-refractivity contribution in [1.29, 1.82) is 0 Å². The van der Waals surface area contributed by atoms with Crippen LogP contribution in [0.25, 0.3) is 0 Å². The minimum atomic E-state index is -3.53. The van der Waals surface area contributed by atoms with Gasteiger partial charge in [-0.05, 0) is 12.1 Å². The van der Waals surface area contributed by atoms with Crippen molar-refractivity contribution in [2.45, 2.75) is 60.6 Å². The minimum Gasteiger partial charge on any atom is -0.482 e. The standard InChI is InChI=1S/C9H16O6Si.C7H12O4Si/c1-5-6-16(13-7(2)10,14-8(3)11)15-9(4)12;1-5-12(4,10-6(2)8)11-7(3)9/h5-6H2,1-4H3;5H,1H2,2-4H3. The van der Waals surface area contributed by atoms with Gasteiger partial charge in [-0.2, -0.15) is 0 Å². The Morgan fingerprint density at radius 1 is 0.714 bits per heavy atom. The van der Waals surface area contributed by atoms with Crippen LogP contribution in [0.3, 0.4) is 0 Å². The smallest absolute Gasteiger partial charge is 0.482 e. The number of carbonyl (C=O) groups excluding carboxylic acids is 5. The van der Waals surface area contributed by atoms with Crippen molar-refractivity contribution in [1.82, 2.24) is 0 Å². The molecule has 0 radical (unpaired) electrons. The van der Waals surface area contributed by atoms with Gasteiger partial charge < -0.3 is 22.1 Å². The Labute approximate surface area is 166 Å². The highest BCUT2D eigenvalue weighted by Gasteiger charge is 2.50. The average molecular weight is 437 g/mol. The van der Waals surface area contributed by atoms with Crippen molar-refractivity contribution in [2.24, 2.45) is 0 Å². The summed E-state index contributed by atoms with van der Waals surface area (Å²) in [4.78, 5) is 53.9. The van der Waals surface area contributed by atoms with Crippen molar-refractivity contribution in [2.75, 3.05) is 0 Å². The molecule has 0 aromatic carbocycles. The van der Waals surface area contributed by atoms with Crippen LogP contribution in [-0.4, -0.2) is 47.2 Å². The normalized spacial score (nSPS) is 10.4. The maximum atomic E-state index is 10.9. The van der Waals surface area contributed by atoms with Crippen molar-refractivity contribution < 1.29 is 46.1 Å². The molecule has 0 aromatic heterocycles. The van der Waals surface area contributed by atoms with E-state index in [4.69, 9.17) is 22.1 Å². The summed E-state index contributed by atoms with van der Waals surface area (Å²) in [6.07, 6.45) is 0.570. The topological polar surface area (TPSA) is 132 Å². The predicted molar refractivity (Wildman–Crippen MR) is 101 cm³/mol. The number of rotatable bonds is 8. The van der Waals surface area contributed by atoms with E-state index in [-0.39, 0.29) is 6.04 Å². The lowest BCUT2D eigenvalue weighted by Gasteiger charge is -2.25. The largest absolute Gasteiger partial charge is 0.705 e. The Hall–Kier alpha value is -2.48. The Bertz CT molecular complexity index is 545. The second-order valence-electron chi connectivity index (χ2n) is 5.62. The van der Waals surface area contributed by atoms with E-state index in [1.807, 2.05) is 0 Å². The van der Waals surface area contributed by atoms with E-state index in [0.29, 0.717) is 6.42 Å². The lowest BCUT2D eigenvalue weighted by atomic mass is 10.6. The molecule has 0 unspecified atom stereocenters. The molecule has 0 bridgehead atoms. The molecular weight excluding hydrogens is 408 g/mol. The lowest BCUT2D eigenvalue weighted by molar-refractivity contribution is -0.148. The van der Waals surface area contributed by atoms with Gasteiger partial charge in [0.05, 0.1) is 6.04 Å². The SMILES string of the molecule is C=C[Si](C)(OC(C)=O)OC(C)=O.CCC[Si](OC(C)=O)(OC(C)=O)OC(C)=O. The second-order valence-corrected chi connectivity index (χ2v) is 10.9. The monoisotopic (exact) mass is 436 g/mol. The van der Waals surface area contributed by atoms with Crippen LogP contribution >= 0.6 is 0 Å². The van der Waals surface area contributed by atoms with E-state index in [9.17, 15) is 24.0 Å². The van der Waals surface area contributed by atoms with Crippen LogP contribution in [0.2, 0.25) is 12.6 Å². The van der Waals surface area contributed by atoms with Crippen molar-refractivity contribution in [3.63, 3.8) is 0 Å². The number of carbonyl (C=O) groups is 5. The summed E-state index contributed by atoms with van der Waals surface area (Å²) in [6.45, 7) is 12.9. The first-order valence-corrected chi connectivity index (χ1v) is 12.6. The van der Waals surface area contributed by atoms with Gasteiger partial charge in [0.1, 0.15) is 0 Å². The third-order valence-corrected chi connectivity index (χ3v) is 7.55. The highest BCUT2D eigenvalue weighted by molar-refractivity contribution is 6.73. The Kier molecular flexibility index (Phi) is 12.7. The summed E-state index contributed by atoms with van der Waals surface area (Å²) in [7, 11) is -6.32. The van der Waals surface area contributed by atoms with Gasteiger partial charge in [-0.3, -0.25) is 24.0 Å². The highest BCUT2D eigenvalue weighted by atomic mass is 28.4. The van der Waals surface area contributed by atoms with Gasteiger partial charge in [0, 0.05) is 41.2 Å². The van der Waals surface area contributed by atoms with Gasteiger partial charge in [0.25, 0.3) is 29.8 Å². The maximum Gasteiger partial charge on any atom is 0.705 e. The van der Waals surface area contributed by atoms with E-state index in [1.54, 1.807) is 13.5 Å². The molecule has 0 saturated heterocycles. The zero-order valence-electron chi connectivity index (χ0n) is 17.3. The van der Waals surface area contributed by atoms with Crippen LogP contribution in [-0.2, 0) is 46.1 Å². The Morgan fingerprint density at radius 3 is 1.18 bits per heavy atom. The summed E-state index contributed by atoms with van der Waals surface area (Å²) in [5.41, 5.74) is 1.38. The van der Waals surface area contributed by atoms with Crippen LogP contribution in [0.5, 0.6) is 0 Å². The Morgan fingerprint density at radius 2 is 1.00 bits per heavy atom. The fourth-order valence-corrected chi connectivity index (χ4v) is 5.56. The van der Waals surface area contributed by atoms with Gasteiger partial charge in [0.15, 0.2) is 0 Å². The van der Waals surface area contributed by atoms with E-state index >= 15 is 0 Å². The van der Waals surface area contributed by atoms with Crippen LogP contribution in [0.15, 0.2) is 12.3 Å². The molecule has 0 saturated carbocycles. The van der Waals surface area contributed by atoms with Crippen molar-refractivity contribution in [3.05, 3.63) is 12.3 Å². The van der Waals surface area contributed by atoms with E-state index in [1.165, 1.54) is 40.3 Å². The van der Waals surface area contributed by atoms with Crippen molar-refractivity contribution in [3.8, 4) is 0 Å². The molecule has 0 aliphatic rings. The van der Waals surface area contributed by atoms with Crippen LogP contribution in [0.4, 0.5) is 0 Å². The van der Waals surface area contributed by atoms with Crippen LogP contribution < -0.4 is 0 Å². The summed E-state index contributed by atoms with van der Waals surface area (Å²) in [5, 5.41) is 0. The summed E-state index contributed by atoms with van der Waals surface area (Å²) >= 11 is 0. The van der Waals surface area contributed by atoms with Crippen molar-refractivity contribution >= 4 is 47.2 Å². The molecule has 12 heteroatoms. The average Bonchev–Trinajstić information content (AvgIpc) is 2.43. The third-order valence-electron chi connectivity index (χ3n) is 2.52. The molecule has 0 fully saturated rings. The maximum absolute atomic E-state index is 10.9. The molecule has 0 aromatic rings. The van der Waals surface area contributed by atoms with Gasteiger partial charge in [0.2, 0.25) is 0 Å². The van der Waals surface area contributed by atoms with Crippen LogP contribution in [0.1, 0.15) is 48.0 Å². The van der Waals surface area contributed by atoms with Crippen LogP contribution in [0, 0.1) is 0 Å². The molecule has 0 rings (SSSR count). The lowest BCUT2D eigenvalue weighted by Crippen LogP contribution is -2.49. The number of hydrogen-bond donors (Lipinski definition) is 0. The first kappa shape index (κ1) is 27.7.